The highest BCUT2D eigenvalue weighted by molar-refractivity contribution is 5.94. The molecule has 0 heterocycles. The lowest BCUT2D eigenvalue weighted by atomic mass is 9.77. The van der Waals surface area contributed by atoms with Gasteiger partial charge in [0.05, 0.1) is 12.1 Å². The van der Waals surface area contributed by atoms with Gasteiger partial charge in [-0.25, -0.2) is 0 Å². The highest BCUT2D eigenvalue weighted by Crippen LogP contribution is 2.26. The second-order valence-corrected chi connectivity index (χ2v) is 5.33. The fourth-order valence-electron chi connectivity index (χ4n) is 2.23. The number of amides is 1. The molecule has 100 valence electrons. The smallest absolute Gasteiger partial charge is 0.251 e. The van der Waals surface area contributed by atoms with Crippen LogP contribution in [0.2, 0.25) is 0 Å². The Morgan fingerprint density at radius 1 is 1.17 bits per heavy atom. The molecular weight excluding hydrogens is 226 g/mol. The van der Waals surface area contributed by atoms with Gasteiger partial charge in [0.2, 0.25) is 0 Å². The van der Waals surface area contributed by atoms with Gasteiger partial charge in [0.25, 0.3) is 5.91 Å². The van der Waals surface area contributed by atoms with Crippen molar-refractivity contribution in [2.45, 2.75) is 33.2 Å². The fourth-order valence-corrected chi connectivity index (χ4v) is 2.23. The molecule has 0 aliphatic carbocycles. The molecule has 0 spiro atoms. The lowest BCUT2D eigenvalue weighted by molar-refractivity contribution is 0.0572. The Morgan fingerprint density at radius 3 is 2.06 bits per heavy atom. The summed E-state index contributed by atoms with van der Waals surface area (Å²) in [6.07, 6.45) is 0. The first-order valence-electron chi connectivity index (χ1n) is 6.42. The Bertz CT molecular complexity index is 377. The first-order valence-corrected chi connectivity index (χ1v) is 6.42. The van der Waals surface area contributed by atoms with Gasteiger partial charge in [0, 0.05) is 5.56 Å². The highest BCUT2D eigenvalue weighted by atomic mass is 16.3. The standard InChI is InChI=1S/C15H23NO2/c1-11(2)15(10-17,12(3)4)16-14(18)13-8-6-5-7-9-13/h5-9,11-12,17H,10H2,1-4H3,(H,16,18). The van der Waals surface area contributed by atoms with E-state index in [0.717, 1.165) is 0 Å². The number of benzene rings is 1. The first kappa shape index (κ1) is 14.7. The second kappa shape index (κ2) is 6.01. The summed E-state index contributed by atoms with van der Waals surface area (Å²) in [6.45, 7) is 8.01. The zero-order chi connectivity index (χ0) is 13.8. The minimum atomic E-state index is -0.576. The van der Waals surface area contributed by atoms with E-state index in [9.17, 15) is 9.90 Å². The van der Waals surface area contributed by atoms with Crippen LogP contribution in [0.3, 0.4) is 0 Å². The minimum Gasteiger partial charge on any atom is -0.394 e. The van der Waals surface area contributed by atoms with Crippen LogP contribution >= 0.6 is 0 Å². The van der Waals surface area contributed by atoms with Crippen LogP contribution in [-0.4, -0.2) is 23.2 Å². The van der Waals surface area contributed by atoms with Crippen molar-refractivity contribution < 1.29 is 9.90 Å². The van der Waals surface area contributed by atoms with E-state index < -0.39 is 5.54 Å². The van der Waals surface area contributed by atoms with Gasteiger partial charge in [-0.15, -0.1) is 0 Å². The van der Waals surface area contributed by atoms with E-state index in [1.54, 1.807) is 12.1 Å². The van der Waals surface area contributed by atoms with Crippen LogP contribution in [0.15, 0.2) is 30.3 Å². The molecule has 0 bridgehead atoms. The number of rotatable bonds is 5. The predicted molar refractivity (Wildman–Crippen MR) is 73.4 cm³/mol. The molecule has 3 nitrogen and oxygen atoms in total. The maximum Gasteiger partial charge on any atom is 0.251 e. The van der Waals surface area contributed by atoms with Crippen LogP contribution in [0.25, 0.3) is 0 Å². The summed E-state index contributed by atoms with van der Waals surface area (Å²) in [5.41, 5.74) is 0.0454. The summed E-state index contributed by atoms with van der Waals surface area (Å²) in [5.74, 6) is 0.192. The molecule has 0 aliphatic heterocycles. The van der Waals surface area contributed by atoms with Gasteiger partial charge in [-0.05, 0) is 24.0 Å². The van der Waals surface area contributed by atoms with E-state index in [1.807, 2.05) is 45.9 Å². The van der Waals surface area contributed by atoms with Crippen LogP contribution in [0.4, 0.5) is 0 Å². The number of aliphatic hydroxyl groups excluding tert-OH is 1. The van der Waals surface area contributed by atoms with Gasteiger partial charge in [0.1, 0.15) is 0 Å². The Labute approximate surface area is 109 Å². The molecule has 18 heavy (non-hydrogen) atoms. The van der Waals surface area contributed by atoms with Crippen molar-refractivity contribution in [3.8, 4) is 0 Å². The molecule has 1 aromatic rings. The van der Waals surface area contributed by atoms with E-state index in [2.05, 4.69) is 5.32 Å². The molecule has 0 unspecified atom stereocenters. The number of hydrogen-bond donors (Lipinski definition) is 2. The Balaban J connectivity index is 2.95. The molecule has 0 saturated carbocycles. The minimum absolute atomic E-state index is 0.0547. The lowest BCUT2D eigenvalue weighted by Gasteiger charge is -2.40. The third-order valence-corrected chi connectivity index (χ3v) is 3.70. The SMILES string of the molecule is CC(C)C(CO)(NC(=O)c1ccccc1)C(C)C. The van der Waals surface area contributed by atoms with E-state index in [4.69, 9.17) is 0 Å². The van der Waals surface area contributed by atoms with E-state index in [-0.39, 0.29) is 24.3 Å². The van der Waals surface area contributed by atoms with E-state index >= 15 is 0 Å². The second-order valence-electron chi connectivity index (χ2n) is 5.33. The molecular formula is C15H23NO2. The van der Waals surface area contributed by atoms with Gasteiger partial charge in [-0.3, -0.25) is 4.79 Å². The van der Waals surface area contributed by atoms with Crippen molar-refractivity contribution in [1.82, 2.24) is 5.32 Å². The third-order valence-electron chi connectivity index (χ3n) is 3.70. The predicted octanol–water partition coefficient (Wildman–Crippen LogP) is 2.46. The number of carbonyl (C=O) groups excluding carboxylic acids is 1. The highest BCUT2D eigenvalue weighted by Gasteiger charge is 2.38. The molecule has 0 aromatic heterocycles. The molecule has 0 radical (unpaired) electrons. The summed E-state index contributed by atoms with van der Waals surface area (Å²) in [4.78, 5) is 12.2. The summed E-state index contributed by atoms with van der Waals surface area (Å²) < 4.78 is 0. The molecule has 1 rings (SSSR count). The van der Waals surface area contributed by atoms with Gasteiger partial charge in [0.15, 0.2) is 0 Å². The molecule has 0 aliphatic rings. The number of nitrogens with one attached hydrogen (secondary N) is 1. The summed E-state index contributed by atoms with van der Waals surface area (Å²) in [6, 6.07) is 9.10. The Kier molecular flexibility index (Phi) is 4.91. The lowest BCUT2D eigenvalue weighted by Crippen LogP contribution is -2.58. The normalized spacial score (nSPS) is 11.9. The average Bonchev–Trinajstić information content (AvgIpc) is 2.36. The van der Waals surface area contributed by atoms with Gasteiger partial charge in [-0.2, -0.15) is 0 Å². The van der Waals surface area contributed by atoms with Crippen molar-refractivity contribution in [2.75, 3.05) is 6.61 Å². The zero-order valence-corrected chi connectivity index (χ0v) is 11.6. The summed E-state index contributed by atoms with van der Waals surface area (Å²) in [7, 11) is 0. The fraction of sp³-hybridized carbons (Fsp3) is 0.533. The number of aliphatic hydroxyl groups is 1. The summed E-state index contributed by atoms with van der Waals surface area (Å²) in [5, 5.41) is 12.7. The van der Waals surface area contributed by atoms with Gasteiger partial charge in [-0.1, -0.05) is 45.9 Å². The molecule has 1 amide bonds. The van der Waals surface area contributed by atoms with Crippen molar-refractivity contribution in [3.05, 3.63) is 35.9 Å². The Hall–Kier alpha value is -1.35. The molecule has 2 N–H and O–H groups in total. The topological polar surface area (TPSA) is 49.3 Å². The quantitative estimate of drug-likeness (QED) is 0.842. The molecule has 0 atom stereocenters. The van der Waals surface area contributed by atoms with Crippen LogP contribution in [0, 0.1) is 11.8 Å². The van der Waals surface area contributed by atoms with Crippen LogP contribution in [-0.2, 0) is 0 Å². The molecule has 0 saturated heterocycles. The van der Waals surface area contributed by atoms with Crippen LogP contribution in [0.1, 0.15) is 38.1 Å². The largest absolute Gasteiger partial charge is 0.394 e. The number of hydrogen-bond acceptors (Lipinski definition) is 2. The van der Waals surface area contributed by atoms with Crippen molar-refractivity contribution >= 4 is 5.91 Å². The molecule has 1 aromatic carbocycles. The molecule has 3 heteroatoms. The third kappa shape index (κ3) is 2.91. The zero-order valence-electron chi connectivity index (χ0n) is 11.6. The maximum absolute atomic E-state index is 12.2. The monoisotopic (exact) mass is 249 g/mol. The van der Waals surface area contributed by atoms with E-state index in [0.29, 0.717) is 5.56 Å². The Morgan fingerprint density at radius 2 is 1.67 bits per heavy atom. The molecule has 0 fully saturated rings. The van der Waals surface area contributed by atoms with Crippen molar-refractivity contribution in [3.63, 3.8) is 0 Å². The number of carbonyl (C=O) groups is 1. The first-order chi connectivity index (χ1) is 8.44. The van der Waals surface area contributed by atoms with Gasteiger partial charge < -0.3 is 10.4 Å². The van der Waals surface area contributed by atoms with Crippen LogP contribution < -0.4 is 5.32 Å². The van der Waals surface area contributed by atoms with E-state index in [1.165, 1.54) is 0 Å². The van der Waals surface area contributed by atoms with Crippen LogP contribution in [0.5, 0.6) is 0 Å². The maximum atomic E-state index is 12.2. The average molecular weight is 249 g/mol. The summed E-state index contributed by atoms with van der Waals surface area (Å²) >= 11 is 0. The van der Waals surface area contributed by atoms with Crippen molar-refractivity contribution in [1.29, 1.82) is 0 Å². The van der Waals surface area contributed by atoms with Crippen molar-refractivity contribution in [2.24, 2.45) is 11.8 Å². The van der Waals surface area contributed by atoms with Gasteiger partial charge >= 0.3 is 0 Å².